The molecule has 0 N–H and O–H groups in total. The fraction of sp³-hybridized carbons (Fsp3) is 0.100. The number of amides is 1. The van der Waals surface area contributed by atoms with E-state index in [1.54, 1.807) is 47.8 Å². The number of benzene rings is 2. The summed E-state index contributed by atoms with van der Waals surface area (Å²) in [4.78, 5) is 30.1. The Kier molecular flexibility index (Phi) is 6.04. The first-order chi connectivity index (χ1) is 13.5. The molecule has 0 saturated heterocycles. The number of nitrogens with zero attached hydrogens (tertiary/aromatic N) is 3. The van der Waals surface area contributed by atoms with Crippen LogP contribution >= 0.6 is 22.9 Å². The zero-order chi connectivity index (χ0) is 20.1. The van der Waals surface area contributed by atoms with E-state index in [4.69, 9.17) is 21.6 Å². The first-order valence-corrected chi connectivity index (χ1v) is 9.41. The van der Waals surface area contributed by atoms with E-state index in [0.29, 0.717) is 32.7 Å². The molecule has 0 atom stereocenters. The van der Waals surface area contributed by atoms with Gasteiger partial charge in [0.2, 0.25) is 5.91 Å². The molecule has 0 radical (unpaired) electrons. The van der Waals surface area contributed by atoms with Crippen LogP contribution in [0, 0.1) is 11.3 Å². The molecule has 28 heavy (non-hydrogen) atoms. The van der Waals surface area contributed by atoms with E-state index >= 15 is 0 Å². The second-order valence-electron chi connectivity index (χ2n) is 5.72. The van der Waals surface area contributed by atoms with Gasteiger partial charge in [0.25, 0.3) is 0 Å². The molecule has 0 spiro atoms. The number of thiazole rings is 1. The summed E-state index contributed by atoms with van der Waals surface area (Å²) in [5.74, 6) is -0.765. The summed E-state index contributed by atoms with van der Waals surface area (Å²) in [6.45, 7) is 1.39. The predicted octanol–water partition coefficient (Wildman–Crippen LogP) is 4.71. The van der Waals surface area contributed by atoms with Crippen LogP contribution in [0.4, 0.5) is 10.8 Å². The van der Waals surface area contributed by atoms with Crippen molar-refractivity contribution in [1.82, 2.24) is 4.98 Å². The van der Waals surface area contributed by atoms with Gasteiger partial charge in [-0.2, -0.15) is 5.26 Å². The number of esters is 1. The summed E-state index contributed by atoms with van der Waals surface area (Å²) in [6.07, 6.45) is 0. The highest BCUT2D eigenvalue weighted by Gasteiger charge is 2.19. The molecule has 0 aliphatic heterocycles. The molecule has 2 aromatic carbocycles. The molecular weight excluding hydrogens is 398 g/mol. The monoisotopic (exact) mass is 411 g/mol. The third-order valence-electron chi connectivity index (χ3n) is 3.69. The molecule has 8 heteroatoms. The van der Waals surface area contributed by atoms with Crippen molar-refractivity contribution in [3.63, 3.8) is 0 Å². The SMILES string of the molecule is CC(=O)N(c1cccc(Cl)c1)c1nc(COC(=O)c2cccc(C#N)c2)cs1. The first-order valence-electron chi connectivity index (χ1n) is 8.16. The molecule has 0 bridgehead atoms. The van der Waals surface area contributed by atoms with E-state index in [-0.39, 0.29) is 12.5 Å². The van der Waals surface area contributed by atoms with Gasteiger partial charge in [-0.15, -0.1) is 11.3 Å². The van der Waals surface area contributed by atoms with Crippen molar-refractivity contribution >= 4 is 45.6 Å². The summed E-state index contributed by atoms with van der Waals surface area (Å²) >= 11 is 7.27. The highest BCUT2D eigenvalue weighted by atomic mass is 35.5. The maximum absolute atomic E-state index is 12.2. The Balaban J connectivity index is 1.73. The van der Waals surface area contributed by atoms with Crippen molar-refractivity contribution in [3.8, 4) is 6.07 Å². The predicted molar refractivity (Wildman–Crippen MR) is 107 cm³/mol. The lowest BCUT2D eigenvalue weighted by molar-refractivity contribution is -0.115. The molecule has 3 rings (SSSR count). The Morgan fingerprint density at radius 2 is 2.04 bits per heavy atom. The van der Waals surface area contributed by atoms with E-state index in [0.717, 1.165) is 0 Å². The molecule has 1 aromatic heterocycles. The maximum atomic E-state index is 12.2. The fourth-order valence-corrected chi connectivity index (χ4v) is 3.50. The molecular formula is C20H14ClN3O3S. The summed E-state index contributed by atoms with van der Waals surface area (Å²) in [6, 6.07) is 15.1. The number of ether oxygens (including phenoxy) is 1. The molecule has 1 amide bonds. The molecule has 6 nitrogen and oxygen atoms in total. The Bertz CT molecular complexity index is 1070. The van der Waals surface area contributed by atoms with Crippen LogP contribution in [0.1, 0.15) is 28.5 Å². The van der Waals surface area contributed by atoms with Gasteiger partial charge < -0.3 is 4.74 Å². The van der Waals surface area contributed by atoms with Crippen LogP contribution in [0.2, 0.25) is 5.02 Å². The number of aromatic nitrogens is 1. The highest BCUT2D eigenvalue weighted by molar-refractivity contribution is 7.14. The van der Waals surface area contributed by atoms with E-state index < -0.39 is 5.97 Å². The number of carbonyl (C=O) groups excluding carboxylic acids is 2. The van der Waals surface area contributed by atoms with Gasteiger partial charge in [-0.3, -0.25) is 9.69 Å². The van der Waals surface area contributed by atoms with E-state index in [1.807, 2.05) is 6.07 Å². The van der Waals surface area contributed by atoms with E-state index in [2.05, 4.69) is 4.98 Å². The second kappa shape index (κ2) is 8.65. The summed E-state index contributed by atoms with van der Waals surface area (Å²) in [5.41, 5.74) is 1.78. The largest absolute Gasteiger partial charge is 0.456 e. The van der Waals surface area contributed by atoms with Crippen LogP contribution in [0.3, 0.4) is 0 Å². The molecule has 1 heterocycles. The van der Waals surface area contributed by atoms with Crippen molar-refractivity contribution in [2.24, 2.45) is 0 Å². The lowest BCUT2D eigenvalue weighted by atomic mass is 10.1. The maximum Gasteiger partial charge on any atom is 0.338 e. The third-order valence-corrected chi connectivity index (χ3v) is 4.80. The number of rotatable bonds is 5. The van der Waals surface area contributed by atoms with E-state index in [1.165, 1.54) is 29.2 Å². The van der Waals surface area contributed by atoms with Crippen molar-refractivity contribution in [2.75, 3.05) is 4.90 Å². The van der Waals surface area contributed by atoms with Crippen LogP contribution in [0.15, 0.2) is 53.9 Å². The first kappa shape index (κ1) is 19.5. The van der Waals surface area contributed by atoms with Gasteiger partial charge in [0.05, 0.1) is 28.6 Å². The van der Waals surface area contributed by atoms with Crippen LogP contribution in [-0.4, -0.2) is 16.9 Å². The zero-order valence-electron chi connectivity index (χ0n) is 14.8. The van der Waals surface area contributed by atoms with Gasteiger partial charge in [0.15, 0.2) is 5.13 Å². The average Bonchev–Trinajstić information content (AvgIpc) is 3.14. The van der Waals surface area contributed by atoms with Gasteiger partial charge >= 0.3 is 5.97 Å². The Morgan fingerprint density at radius 3 is 2.75 bits per heavy atom. The Labute approximate surface area is 170 Å². The average molecular weight is 412 g/mol. The number of hydrogen-bond donors (Lipinski definition) is 0. The van der Waals surface area contributed by atoms with Crippen LogP contribution in [0.25, 0.3) is 0 Å². The Hall–Kier alpha value is -3.21. The molecule has 0 fully saturated rings. The van der Waals surface area contributed by atoms with Crippen molar-refractivity contribution in [2.45, 2.75) is 13.5 Å². The second-order valence-corrected chi connectivity index (χ2v) is 7.00. The topological polar surface area (TPSA) is 83.3 Å². The summed E-state index contributed by atoms with van der Waals surface area (Å²) < 4.78 is 5.26. The zero-order valence-corrected chi connectivity index (χ0v) is 16.3. The Morgan fingerprint density at radius 1 is 1.25 bits per heavy atom. The van der Waals surface area contributed by atoms with Crippen LogP contribution < -0.4 is 4.90 Å². The van der Waals surface area contributed by atoms with Gasteiger partial charge in [-0.1, -0.05) is 23.7 Å². The minimum Gasteiger partial charge on any atom is -0.456 e. The number of anilines is 2. The van der Waals surface area contributed by atoms with E-state index in [9.17, 15) is 9.59 Å². The van der Waals surface area contributed by atoms with Gasteiger partial charge in [0.1, 0.15) is 6.61 Å². The van der Waals surface area contributed by atoms with Crippen molar-refractivity contribution < 1.29 is 14.3 Å². The number of nitriles is 1. The van der Waals surface area contributed by atoms with Gasteiger partial charge in [0, 0.05) is 17.3 Å². The molecule has 0 aliphatic rings. The number of hydrogen-bond acceptors (Lipinski definition) is 6. The van der Waals surface area contributed by atoms with Crippen molar-refractivity contribution in [3.05, 3.63) is 75.8 Å². The molecule has 0 saturated carbocycles. The van der Waals surface area contributed by atoms with Gasteiger partial charge in [-0.25, -0.2) is 9.78 Å². The van der Waals surface area contributed by atoms with Crippen LogP contribution in [0.5, 0.6) is 0 Å². The molecule has 0 aliphatic carbocycles. The smallest absolute Gasteiger partial charge is 0.338 e. The quantitative estimate of drug-likeness (QED) is 0.568. The number of halogens is 1. The molecule has 0 unspecified atom stereocenters. The fourth-order valence-electron chi connectivity index (χ4n) is 2.45. The lowest BCUT2D eigenvalue weighted by Crippen LogP contribution is -2.22. The normalized spacial score (nSPS) is 10.2. The third kappa shape index (κ3) is 4.55. The minimum atomic E-state index is -0.551. The standard InChI is InChI=1S/C20H14ClN3O3S/c1-13(25)24(18-7-3-6-16(21)9-18)20-23-17(12-28-20)11-27-19(26)15-5-2-4-14(8-15)10-22/h2-9,12H,11H2,1H3. The summed E-state index contributed by atoms with van der Waals surface area (Å²) in [7, 11) is 0. The minimum absolute atomic E-state index is 0.0482. The lowest BCUT2D eigenvalue weighted by Gasteiger charge is -2.18. The van der Waals surface area contributed by atoms with Gasteiger partial charge in [-0.05, 0) is 36.4 Å². The van der Waals surface area contributed by atoms with Crippen molar-refractivity contribution in [1.29, 1.82) is 5.26 Å². The van der Waals surface area contributed by atoms with Crippen LogP contribution in [-0.2, 0) is 16.1 Å². The highest BCUT2D eigenvalue weighted by Crippen LogP contribution is 2.30. The summed E-state index contributed by atoms with van der Waals surface area (Å²) in [5, 5.41) is 11.6. The molecule has 140 valence electrons. The molecule has 3 aromatic rings. The number of carbonyl (C=O) groups is 2.